The minimum Gasteiger partial charge on any atom is -0.383 e. The monoisotopic (exact) mass is 220 g/mol. The molecule has 2 heterocycles. The van der Waals surface area contributed by atoms with Gasteiger partial charge in [-0.2, -0.15) is 0 Å². The molecule has 0 aliphatic carbocycles. The molecule has 0 atom stereocenters. The lowest BCUT2D eigenvalue weighted by Crippen LogP contribution is -2.34. The molecule has 1 aliphatic rings. The first kappa shape index (κ1) is 11.2. The van der Waals surface area contributed by atoms with Gasteiger partial charge in [0, 0.05) is 19.6 Å². The van der Waals surface area contributed by atoms with Crippen molar-refractivity contribution in [2.75, 3.05) is 29.9 Å². The fourth-order valence-electron chi connectivity index (χ4n) is 1.99. The normalized spacial score (nSPS) is 17.5. The quantitative estimate of drug-likeness (QED) is 0.847. The lowest BCUT2D eigenvalue weighted by Gasteiger charge is -2.30. The molecule has 0 saturated carbocycles. The molecule has 0 amide bonds. The molecule has 0 radical (unpaired) electrons. The van der Waals surface area contributed by atoms with Gasteiger partial charge in [0.15, 0.2) is 0 Å². The fourth-order valence-corrected chi connectivity index (χ4v) is 1.99. The Morgan fingerprint density at radius 3 is 2.50 bits per heavy atom. The van der Waals surface area contributed by atoms with Crippen LogP contribution in [0.2, 0.25) is 0 Å². The van der Waals surface area contributed by atoms with Gasteiger partial charge in [-0.3, -0.25) is 0 Å². The Kier molecular flexibility index (Phi) is 3.59. The van der Waals surface area contributed by atoms with Gasteiger partial charge in [-0.15, -0.1) is 0 Å². The molecule has 1 aromatic heterocycles. The van der Waals surface area contributed by atoms with Gasteiger partial charge in [-0.1, -0.05) is 6.92 Å². The van der Waals surface area contributed by atoms with Crippen molar-refractivity contribution < 1.29 is 0 Å². The van der Waals surface area contributed by atoms with E-state index in [2.05, 4.69) is 34.0 Å². The van der Waals surface area contributed by atoms with Crippen molar-refractivity contribution in [3.05, 3.63) is 12.4 Å². The standard InChI is InChI=1S/C12H20N4/c1-3-13-11-8-14-12(15-9-11)16-6-4-10(2)5-7-16/h8-10,13H,3-7H2,1-2H3. The number of anilines is 2. The Bertz CT molecular complexity index is 314. The molecule has 4 nitrogen and oxygen atoms in total. The molecule has 1 N–H and O–H groups in total. The van der Waals surface area contributed by atoms with Crippen LogP contribution in [0.1, 0.15) is 26.7 Å². The van der Waals surface area contributed by atoms with Crippen molar-refractivity contribution in [3.63, 3.8) is 0 Å². The first-order valence-corrected chi connectivity index (χ1v) is 6.10. The maximum absolute atomic E-state index is 4.40. The zero-order chi connectivity index (χ0) is 11.4. The highest BCUT2D eigenvalue weighted by Crippen LogP contribution is 2.20. The summed E-state index contributed by atoms with van der Waals surface area (Å²) in [5.41, 5.74) is 0.997. The van der Waals surface area contributed by atoms with Crippen molar-refractivity contribution in [2.45, 2.75) is 26.7 Å². The highest BCUT2D eigenvalue weighted by molar-refractivity contribution is 5.42. The Labute approximate surface area is 97.1 Å². The zero-order valence-electron chi connectivity index (χ0n) is 10.1. The first-order valence-electron chi connectivity index (χ1n) is 6.10. The van der Waals surface area contributed by atoms with E-state index >= 15 is 0 Å². The van der Waals surface area contributed by atoms with Crippen LogP contribution in [0.25, 0.3) is 0 Å². The molecule has 16 heavy (non-hydrogen) atoms. The minimum absolute atomic E-state index is 0.845. The molecule has 0 unspecified atom stereocenters. The summed E-state index contributed by atoms with van der Waals surface area (Å²) in [4.78, 5) is 11.1. The van der Waals surface area contributed by atoms with Crippen LogP contribution in [0, 0.1) is 5.92 Å². The van der Waals surface area contributed by atoms with E-state index in [1.54, 1.807) is 0 Å². The minimum atomic E-state index is 0.845. The Balaban J connectivity index is 1.98. The molecular formula is C12H20N4. The van der Waals surface area contributed by atoms with Crippen molar-refractivity contribution in [1.82, 2.24) is 9.97 Å². The Morgan fingerprint density at radius 1 is 1.31 bits per heavy atom. The molecule has 1 aliphatic heterocycles. The summed E-state index contributed by atoms with van der Waals surface area (Å²) in [6.45, 7) is 7.46. The summed E-state index contributed by atoms with van der Waals surface area (Å²) in [6, 6.07) is 0. The van der Waals surface area contributed by atoms with E-state index in [0.717, 1.165) is 37.2 Å². The van der Waals surface area contributed by atoms with Gasteiger partial charge >= 0.3 is 0 Å². The van der Waals surface area contributed by atoms with Gasteiger partial charge in [-0.25, -0.2) is 9.97 Å². The van der Waals surface area contributed by atoms with Crippen molar-refractivity contribution in [1.29, 1.82) is 0 Å². The van der Waals surface area contributed by atoms with Crippen LogP contribution in [-0.2, 0) is 0 Å². The lowest BCUT2D eigenvalue weighted by atomic mass is 10.00. The molecule has 4 heteroatoms. The molecule has 0 bridgehead atoms. The third-order valence-corrected chi connectivity index (χ3v) is 3.09. The topological polar surface area (TPSA) is 41.1 Å². The molecule has 1 saturated heterocycles. The summed E-state index contributed by atoms with van der Waals surface area (Å²) in [5.74, 6) is 1.71. The van der Waals surface area contributed by atoms with Crippen molar-refractivity contribution in [3.8, 4) is 0 Å². The highest BCUT2D eigenvalue weighted by atomic mass is 15.2. The van der Waals surface area contributed by atoms with Crippen LogP contribution in [0.4, 0.5) is 11.6 Å². The number of nitrogens with zero attached hydrogens (tertiary/aromatic N) is 3. The summed E-state index contributed by atoms with van der Waals surface area (Å²) >= 11 is 0. The first-order chi connectivity index (χ1) is 7.79. The molecule has 1 aromatic rings. The Hall–Kier alpha value is -1.32. The van der Waals surface area contributed by atoms with Crippen molar-refractivity contribution in [2.24, 2.45) is 5.92 Å². The number of hydrogen-bond acceptors (Lipinski definition) is 4. The van der Waals surface area contributed by atoms with Gasteiger partial charge in [0.1, 0.15) is 0 Å². The van der Waals surface area contributed by atoms with Gasteiger partial charge < -0.3 is 10.2 Å². The van der Waals surface area contributed by atoms with Crippen LogP contribution in [0.15, 0.2) is 12.4 Å². The van der Waals surface area contributed by atoms with E-state index < -0.39 is 0 Å². The maximum Gasteiger partial charge on any atom is 0.225 e. The Morgan fingerprint density at radius 2 is 1.94 bits per heavy atom. The second-order valence-corrected chi connectivity index (χ2v) is 4.47. The lowest BCUT2D eigenvalue weighted by molar-refractivity contribution is 0.434. The van der Waals surface area contributed by atoms with Gasteiger partial charge in [0.05, 0.1) is 18.1 Å². The average molecular weight is 220 g/mol. The molecule has 88 valence electrons. The van der Waals surface area contributed by atoms with Crippen LogP contribution >= 0.6 is 0 Å². The average Bonchev–Trinajstić information content (AvgIpc) is 2.32. The summed E-state index contributed by atoms with van der Waals surface area (Å²) in [6.07, 6.45) is 6.23. The second kappa shape index (κ2) is 5.14. The van der Waals surface area contributed by atoms with Crippen LogP contribution in [0.3, 0.4) is 0 Å². The molecule has 0 spiro atoms. The number of nitrogens with one attached hydrogen (secondary N) is 1. The number of hydrogen-bond donors (Lipinski definition) is 1. The van der Waals surface area contributed by atoms with E-state index in [0.29, 0.717) is 0 Å². The predicted molar refractivity (Wildman–Crippen MR) is 66.8 cm³/mol. The van der Waals surface area contributed by atoms with Crippen LogP contribution in [0.5, 0.6) is 0 Å². The van der Waals surface area contributed by atoms with Crippen LogP contribution in [-0.4, -0.2) is 29.6 Å². The smallest absolute Gasteiger partial charge is 0.225 e. The SMILES string of the molecule is CCNc1cnc(N2CCC(C)CC2)nc1. The number of rotatable bonds is 3. The second-order valence-electron chi connectivity index (χ2n) is 4.47. The highest BCUT2D eigenvalue weighted by Gasteiger charge is 2.17. The van der Waals surface area contributed by atoms with E-state index in [1.807, 2.05) is 12.4 Å². The summed E-state index contributed by atoms with van der Waals surface area (Å²) < 4.78 is 0. The van der Waals surface area contributed by atoms with E-state index in [1.165, 1.54) is 12.8 Å². The van der Waals surface area contributed by atoms with Gasteiger partial charge in [-0.05, 0) is 25.7 Å². The molecule has 1 fully saturated rings. The summed E-state index contributed by atoms with van der Waals surface area (Å²) in [7, 11) is 0. The fraction of sp³-hybridized carbons (Fsp3) is 0.667. The van der Waals surface area contributed by atoms with Gasteiger partial charge in [0.2, 0.25) is 5.95 Å². The number of aromatic nitrogens is 2. The van der Waals surface area contributed by atoms with Crippen LogP contribution < -0.4 is 10.2 Å². The zero-order valence-corrected chi connectivity index (χ0v) is 10.1. The van der Waals surface area contributed by atoms with Crippen molar-refractivity contribution >= 4 is 11.6 Å². The third kappa shape index (κ3) is 2.62. The third-order valence-electron chi connectivity index (χ3n) is 3.09. The van der Waals surface area contributed by atoms with E-state index in [4.69, 9.17) is 0 Å². The largest absolute Gasteiger partial charge is 0.383 e. The summed E-state index contributed by atoms with van der Waals surface area (Å²) in [5, 5.41) is 3.20. The number of piperidine rings is 1. The van der Waals surface area contributed by atoms with Gasteiger partial charge in [0.25, 0.3) is 0 Å². The molecule has 0 aromatic carbocycles. The predicted octanol–water partition coefficient (Wildman–Crippen LogP) is 2.14. The van der Waals surface area contributed by atoms with E-state index in [9.17, 15) is 0 Å². The molecule has 2 rings (SSSR count). The maximum atomic E-state index is 4.40. The van der Waals surface area contributed by atoms with E-state index in [-0.39, 0.29) is 0 Å². The molecular weight excluding hydrogens is 200 g/mol.